The monoisotopic (exact) mass is 377 g/mol. The average molecular weight is 377 g/mol. The molecule has 0 radical (unpaired) electrons. The molecular formula is C19H23NO5S. The van der Waals surface area contributed by atoms with Gasteiger partial charge in [0.1, 0.15) is 11.5 Å². The van der Waals surface area contributed by atoms with Crippen molar-refractivity contribution in [1.29, 1.82) is 0 Å². The lowest BCUT2D eigenvalue weighted by Crippen LogP contribution is -2.32. The van der Waals surface area contributed by atoms with Gasteiger partial charge in [0.05, 0.1) is 18.0 Å². The van der Waals surface area contributed by atoms with Crippen LogP contribution < -0.4 is 14.8 Å². The number of amides is 1. The lowest BCUT2D eigenvalue weighted by atomic mass is 10.0. The van der Waals surface area contributed by atoms with Crippen LogP contribution >= 0.6 is 0 Å². The Morgan fingerprint density at radius 3 is 2.12 bits per heavy atom. The average Bonchev–Trinajstić information content (AvgIpc) is 2.64. The number of benzene rings is 2. The summed E-state index contributed by atoms with van der Waals surface area (Å²) < 4.78 is 33.6. The smallest absolute Gasteiger partial charge is 0.258 e. The molecule has 0 aromatic heterocycles. The van der Waals surface area contributed by atoms with Crippen LogP contribution in [0, 0.1) is 0 Å². The third-order valence-electron chi connectivity index (χ3n) is 3.88. The molecule has 0 fully saturated rings. The van der Waals surface area contributed by atoms with Crippen molar-refractivity contribution < 1.29 is 22.7 Å². The molecule has 1 atom stereocenters. The molecule has 6 nitrogen and oxygen atoms in total. The van der Waals surface area contributed by atoms with Gasteiger partial charge in [0.15, 0.2) is 16.4 Å². The summed E-state index contributed by atoms with van der Waals surface area (Å²) in [7, 11) is -1.66. The van der Waals surface area contributed by atoms with E-state index in [4.69, 9.17) is 9.47 Å². The summed E-state index contributed by atoms with van der Waals surface area (Å²) in [6.45, 7) is 1.84. The first kappa shape index (κ1) is 19.8. The molecule has 0 aliphatic rings. The zero-order valence-corrected chi connectivity index (χ0v) is 15.9. The fourth-order valence-electron chi connectivity index (χ4n) is 2.43. The largest absolute Gasteiger partial charge is 0.497 e. The lowest BCUT2D eigenvalue weighted by Gasteiger charge is -2.18. The Morgan fingerprint density at radius 1 is 1.04 bits per heavy atom. The number of sulfone groups is 1. The normalized spacial score (nSPS) is 12.3. The molecular weight excluding hydrogens is 354 g/mol. The predicted molar refractivity (Wildman–Crippen MR) is 99.2 cm³/mol. The molecule has 0 heterocycles. The number of nitrogens with one attached hydrogen (secondary N) is 1. The first-order chi connectivity index (χ1) is 12.3. The van der Waals surface area contributed by atoms with Crippen LogP contribution in [0.2, 0.25) is 0 Å². The van der Waals surface area contributed by atoms with E-state index in [0.717, 1.165) is 11.8 Å². The molecule has 1 unspecified atom stereocenters. The zero-order valence-electron chi connectivity index (χ0n) is 15.1. The minimum absolute atomic E-state index is 0.107. The molecule has 26 heavy (non-hydrogen) atoms. The van der Waals surface area contributed by atoms with E-state index in [9.17, 15) is 13.2 Å². The van der Waals surface area contributed by atoms with Gasteiger partial charge in [-0.15, -0.1) is 0 Å². The lowest BCUT2D eigenvalue weighted by molar-refractivity contribution is -0.123. The number of hydrogen-bond acceptors (Lipinski definition) is 5. The second kappa shape index (κ2) is 8.71. The van der Waals surface area contributed by atoms with E-state index in [-0.39, 0.29) is 23.5 Å². The number of carbonyl (C=O) groups is 1. The first-order valence-electron chi connectivity index (χ1n) is 8.19. The summed E-state index contributed by atoms with van der Waals surface area (Å²) in [5, 5.41) is 2.90. The van der Waals surface area contributed by atoms with E-state index >= 15 is 0 Å². The van der Waals surface area contributed by atoms with Gasteiger partial charge in [0, 0.05) is 6.26 Å². The van der Waals surface area contributed by atoms with Gasteiger partial charge in [-0.25, -0.2) is 8.42 Å². The Balaban J connectivity index is 1.94. The van der Waals surface area contributed by atoms with Gasteiger partial charge in [-0.2, -0.15) is 0 Å². The van der Waals surface area contributed by atoms with E-state index in [1.165, 1.54) is 0 Å². The summed E-state index contributed by atoms with van der Waals surface area (Å²) in [6.07, 6.45) is 1.84. The van der Waals surface area contributed by atoms with Crippen LogP contribution in [-0.4, -0.2) is 34.3 Å². The predicted octanol–water partition coefficient (Wildman–Crippen LogP) is 2.75. The molecule has 1 amide bonds. The van der Waals surface area contributed by atoms with Crippen LogP contribution in [0.15, 0.2) is 53.4 Å². The highest BCUT2D eigenvalue weighted by molar-refractivity contribution is 7.90. The van der Waals surface area contributed by atoms with E-state index in [0.29, 0.717) is 17.9 Å². The summed E-state index contributed by atoms with van der Waals surface area (Å²) in [4.78, 5) is 12.4. The Hall–Kier alpha value is -2.54. The molecule has 0 saturated carbocycles. The maximum Gasteiger partial charge on any atom is 0.258 e. The molecule has 2 aromatic rings. The number of methoxy groups -OCH3 is 1. The van der Waals surface area contributed by atoms with Crippen LogP contribution in [0.5, 0.6) is 11.5 Å². The van der Waals surface area contributed by atoms with Crippen LogP contribution in [0.1, 0.15) is 24.9 Å². The Kier molecular flexibility index (Phi) is 6.63. The van der Waals surface area contributed by atoms with Crippen molar-refractivity contribution in [3.63, 3.8) is 0 Å². The first-order valence-corrected chi connectivity index (χ1v) is 10.1. The topological polar surface area (TPSA) is 81.7 Å². The molecule has 140 valence electrons. The molecule has 1 N–H and O–H groups in total. The van der Waals surface area contributed by atoms with Crippen molar-refractivity contribution in [2.24, 2.45) is 0 Å². The standard InChI is InChI=1S/C19H23NO5S/c1-4-18(14-5-11-17(12-6-14)26(3,22)23)20-19(21)13-25-16-9-7-15(24-2)8-10-16/h5-12,18H,4,13H2,1-3H3,(H,20,21). The van der Waals surface area contributed by atoms with E-state index < -0.39 is 9.84 Å². The van der Waals surface area contributed by atoms with Crippen molar-refractivity contribution in [3.8, 4) is 11.5 Å². The van der Waals surface area contributed by atoms with Gasteiger partial charge >= 0.3 is 0 Å². The fourth-order valence-corrected chi connectivity index (χ4v) is 3.06. The molecule has 0 saturated heterocycles. The minimum Gasteiger partial charge on any atom is -0.497 e. The van der Waals surface area contributed by atoms with Crippen LogP contribution in [0.3, 0.4) is 0 Å². The number of hydrogen-bond donors (Lipinski definition) is 1. The van der Waals surface area contributed by atoms with E-state index in [1.807, 2.05) is 6.92 Å². The van der Waals surface area contributed by atoms with Gasteiger partial charge in [-0.1, -0.05) is 19.1 Å². The summed E-state index contributed by atoms with van der Waals surface area (Å²) in [5.41, 5.74) is 0.845. The maximum atomic E-state index is 12.2. The van der Waals surface area contributed by atoms with Gasteiger partial charge < -0.3 is 14.8 Å². The molecule has 0 aliphatic carbocycles. The molecule has 2 aromatic carbocycles. The van der Waals surface area contributed by atoms with Crippen LogP contribution in [-0.2, 0) is 14.6 Å². The van der Waals surface area contributed by atoms with E-state index in [1.54, 1.807) is 55.6 Å². The van der Waals surface area contributed by atoms with Crippen molar-refractivity contribution in [3.05, 3.63) is 54.1 Å². The Morgan fingerprint density at radius 2 is 1.62 bits per heavy atom. The van der Waals surface area contributed by atoms with E-state index in [2.05, 4.69) is 5.32 Å². The van der Waals surface area contributed by atoms with Gasteiger partial charge in [-0.05, 0) is 48.4 Å². The summed E-state index contributed by atoms with van der Waals surface area (Å²) >= 11 is 0. The van der Waals surface area contributed by atoms with Crippen molar-refractivity contribution >= 4 is 15.7 Å². The fraction of sp³-hybridized carbons (Fsp3) is 0.316. The number of rotatable bonds is 8. The zero-order chi connectivity index (χ0) is 19.2. The highest BCUT2D eigenvalue weighted by atomic mass is 32.2. The Labute approximate surface area is 154 Å². The second-order valence-electron chi connectivity index (χ2n) is 5.83. The Bertz CT molecular complexity index is 829. The van der Waals surface area contributed by atoms with Crippen molar-refractivity contribution in [2.45, 2.75) is 24.3 Å². The number of ether oxygens (including phenoxy) is 2. The second-order valence-corrected chi connectivity index (χ2v) is 7.85. The van der Waals surface area contributed by atoms with Crippen LogP contribution in [0.4, 0.5) is 0 Å². The number of carbonyl (C=O) groups excluding carboxylic acids is 1. The summed E-state index contributed by atoms with van der Waals surface area (Å²) in [5.74, 6) is 1.04. The highest BCUT2D eigenvalue weighted by Crippen LogP contribution is 2.20. The van der Waals surface area contributed by atoms with Gasteiger partial charge in [0.25, 0.3) is 5.91 Å². The SMILES string of the molecule is CCC(NC(=O)COc1ccc(OC)cc1)c1ccc(S(C)(=O)=O)cc1. The van der Waals surface area contributed by atoms with Gasteiger partial charge in [-0.3, -0.25) is 4.79 Å². The highest BCUT2D eigenvalue weighted by Gasteiger charge is 2.14. The minimum atomic E-state index is -3.24. The third-order valence-corrected chi connectivity index (χ3v) is 5.01. The molecule has 7 heteroatoms. The molecule has 0 spiro atoms. The van der Waals surface area contributed by atoms with Crippen molar-refractivity contribution in [2.75, 3.05) is 20.0 Å². The van der Waals surface area contributed by atoms with Gasteiger partial charge in [0.2, 0.25) is 0 Å². The molecule has 0 aliphatic heterocycles. The van der Waals surface area contributed by atoms with Crippen molar-refractivity contribution in [1.82, 2.24) is 5.32 Å². The quantitative estimate of drug-likeness (QED) is 0.765. The molecule has 0 bridgehead atoms. The summed E-state index contributed by atoms with van der Waals surface area (Å²) in [6, 6.07) is 13.3. The maximum absolute atomic E-state index is 12.2. The molecule has 2 rings (SSSR count). The third kappa shape index (κ3) is 5.49. The van der Waals surface area contributed by atoms with Crippen LogP contribution in [0.25, 0.3) is 0 Å².